The van der Waals surface area contributed by atoms with Gasteiger partial charge in [0.25, 0.3) is 0 Å². The monoisotopic (exact) mass is 526 g/mol. The molecule has 1 aliphatic heterocycles. The minimum atomic E-state index is -0.962. The highest BCUT2D eigenvalue weighted by Gasteiger charge is 2.33. The van der Waals surface area contributed by atoms with E-state index in [4.69, 9.17) is 14.7 Å². The molecule has 202 valence electrons. The number of carbonyl (C=O) groups is 2. The summed E-state index contributed by atoms with van der Waals surface area (Å²) in [6.07, 6.45) is 1.16. The predicted molar refractivity (Wildman–Crippen MR) is 149 cm³/mol. The Morgan fingerprint density at radius 3 is 2.41 bits per heavy atom. The Morgan fingerprint density at radius 1 is 1.08 bits per heavy atom. The van der Waals surface area contributed by atoms with Gasteiger partial charge in [0.1, 0.15) is 5.75 Å². The smallest absolute Gasteiger partial charge is 0.333 e. The molecule has 4 rings (SSSR count). The van der Waals surface area contributed by atoms with Crippen LogP contribution in [0.2, 0.25) is 0 Å². The van der Waals surface area contributed by atoms with E-state index in [1.165, 1.54) is 0 Å². The minimum Gasteiger partial charge on any atom is -0.494 e. The topological polar surface area (TPSA) is 109 Å². The van der Waals surface area contributed by atoms with Gasteiger partial charge < -0.3 is 19.9 Å². The fourth-order valence-electron chi connectivity index (χ4n) is 5.08. The zero-order chi connectivity index (χ0) is 28.0. The van der Waals surface area contributed by atoms with E-state index >= 15 is 0 Å². The maximum atomic E-state index is 13.1. The molecule has 0 bridgehead atoms. The van der Waals surface area contributed by atoms with E-state index < -0.39 is 12.1 Å². The number of aliphatic carboxylic acids is 1. The van der Waals surface area contributed by atoms with Crippen LogP contribution in [-0.4, -0.2) is 42.2 Å². The number of ether oxygens (including phenoxy) is 2. The first-order valence-corrected chi connectivity index (χ1v) is 13.2. The van der Waals surface area contributed by atoms with Gasteiger partial charge in [-0.05, 0) is 84.5 Å². The zero-order valence-corrected chi connectivity index (χ0v) is 22.6. The van der Waals surface area contributed by atoms with Crippen molar-refractivity contribution in [1.82, 2.24) is 0 Å². The third kappa shape index (κ3) is 6.84. The van der Waals surface area contributed by atoms with E-state index in [0.29, 0.717) is 36.3 Å². The lowest BCUT2D eigenvalue weighted by molar-refractivity contribution is -0.149. The molecule has 1 heterocycles. The molecule has 0 amide bonds. The lowest BCUT2D eigenvalue weighted by Gasteiger charge is -2.39. The van der Waals surface area contributed by atoms with Crippen LogP contribution in [0, 0.1) is 11.3 Å². The highest BCUT2D eigenvalue weighted by molar-refractivity contribution is 6.09. The number of benzene rings is 3. The average molecular weight is 527 g/mol. The van der Waals surface area contributed by atoms with Gasteiger partial charge >= 0.3 is 5.97 Å². The Morgan fingerprint density at radius 2 is 1.77 bits per heavy atom. The third-order valence-electron chi connectivity index (χ3n) is 7.13. The Labute approximate surface area is 229 Å². The van der Waals surface area contributed by atoms with Gasteiger partial charge in [0.05, 0.1) is 18.2 Å². The quantitative estimate of drug-likeness (QED) is 0.306. The van der Waals surface area contributed by atoms with Crippen molar-refractivity contribution in [3.8, 4) is 11.8 Å². The fraction of sp³-hybridized carbons (Fsp3) is 0.344. The Bertz CT molecular complexity index is 1360. The van der Waals surface area contributed by atoms with Crippen molar-refractivity contribution in [3.05, 3.63) is 94.5 Å². The number of carbonyl (C=O) groups excluding carboxylic acids is 1. The lowest BCUT2D eigenvalue weighted by atomic mass is 9.74. The van der Waals surface area contributed by atoms with Crippen LogP contribution in [0.3, 0.4) is 0 Å². The van der Waals surface area contributed by atoms with Crippen LogP contribution in [0.5, 0.6) is 5.75 Å². The number of rotatable bonds is 11. The Kier molecular flexibility index (Phi) is 8.68. The molecule has 0 aromatic heterocycles. The first-order chi connectivity index (χ1) is 18.7. The number of fused-ring (bicyclic) bond motifs is 1. The van der Waals surface area contributed by atoms with Crippen molar-refractivity contribution in [2.45, 2.75) is 57.6 Å². The number of ketones is 1. The number of hydrogen-bond acceptors (Lipinski definition) is 6. The molecule has 2 atom stereocenters. The predicted octanol–water partition coefficient (Wildman–Crippen LogP) is 5.75. The molecule has 0 fully saturated rings. The number of nitriles is 1. The Balaban J connectivity index is 1.35. The lowest BCUT2D eigenvalue weighted by Crippen LogP contribution is -2.37. The highest BCUT2D eigenvalue weighted by Crippen LogP contribution is 2.40. The van der Waals surface area contributed by atoms with E-state index in [0.717, 1.165) is 35.4 Å². The number of nitrogens with one attached hydrogen (secondary N) is 1. The third-order valence-corrected chi connectivity index (χ3v) is 7.13. The molecule has 39 heavy (non-hydrogen) atoms. The maximum Gasteiger partial charge on any atom is 0.333 e. The first-order valence-electron chi connectivity index (χ1n) is 13.2. The van der Waals surface area contributed by atoms with Gasteiger partial charge in [-0.2, -0.15) is 5.26 Å². The van der Waals surface area contributed by atoms with E-state index in [1.54, 1.807) is 31.2 Å². The fourth-order valence-corrected chi connectivity index (χ4v) is 5.08. The van der Waals surface area contributed by atoms with Gasteiger partial charge in [0.2, 0.25) is 0 Å². The summed E-state index contributed by atoms with van der Waals surface area (Å²) in [5.41, 5.74) is 4.62. The average Bonchev–Trinajstić information content (AvgIpc) is 2.93. The summed E-state index contributed by atoms with van der Waals surface area (Å²) in [5, 5.41) is 21.9. The molecule has 0 saturated heterocycles. The van der Waals surface area contributed by atoms with Gasteiger partial charge in [-0.3, -0.25) is 4.79 Å². The summed E-state index contributed by atoms with van der Waals surface area (Å²) in [4.78, 5) is 24.4. The van der Waals surface area contributed by atoms with Crippen LogP contribution >= 0.6 is 0 Å². The molecule has 1 unspecified atom stereocenters. The van der Waals surface area contributed by atoms with Crippen LogP contribution in [0.15, 0.2) is 66.7 Å². The second kappa shape index (κ2) is 12.1. The van der Waals surface area contributed by atoms with E-state index in [-0.39, 0.29) is 17.2 Å². The standard InChI is InChI=1S/C32H34N2O5/c1-4-38-29(31(36)37)17-21-7-12-26(13-8-21)39-16-15-25-19-32(2,3)27-18-24(11-14-28(27)34-25)30(35)23-9-5-22(20-33)6-10-23/h5-14,18,25,29,34H,4,15-17,19H2,1-3H3,(H,36,37)/t25?,29-/m0/s1. The molecule has 0 spiro atoms. The molecule has 0 saturated carbocycles. The molecular weight excluding hydrogens is 492 g/mol. The van der Waals surface area contributed by atoms with E-state index in [2.05, 4.69) is 25.2 Å². The first kappa shape index (κ1) is 27.9. The number of hydrogen-bond donors (Lipinski definition) is 2. The summed E-state index contributed by atoms with van der Waals surface area (Å²) < 4.78 is 11.3. The van der Waals surface area contributed by atoms with Crippen molar-refractivity contribution in [2.24, 2.45) is 0 Å². The van der Waals surface area contributed by atoms with Crippen molar-refractivity contribution in [3.63, 3.8) is 0 Å². The van der Waals surface area contributed by atoms with Crippen LogP contribution in [-0.2, 0) is 21.4 Å². The summed E-state index contributed by atoms with van der Waals surface area (Å²) in [6.45, 7) is 7.07. The summed E-state index contributed by atoms with van der Waals surface area (Å²) in [6, 6.07) is 22.3. The minimum absolute atomic E-state index is 0.0593. The van der Waals surface area contributed by atoms with Crippen LogP contribution < -0.4 is 10.1 Å². The summed E-state index contributed by atoms with van der Waals surface area (Å²) in [7, 11) is 0. The van der Waals surface area contributed by atoms with Gasteiger partial charge in [-0.25, -0.2) is 4.79 Å². The van der Waals surface area contributed by atoms with Gasteiger partial charge in [-0.1, -0.05) is 26.0 Å². The van der Waals surface area contributed by atoms with Crippen molar-refractivity contribution in [2.75, 3.05) is 18.5 Å². The SMILES string of the molecule is CCO[C@@H](Cc1ccc(OCCC2CC(C)(C)c3cc(C(=O)c4ccc(C#N)cc4)ccc3N2)cc1)C(=O)O. The van der Waals surface area contributed by atoms with Crippen LogP contribution in [0.4, 0.5) is 5.69 Å². The number of anilines is 1. The molecule has 2 N–H and O–H groups in total. The van der Waals surface area contributed by atoms with Crippen LogP contribution in [0.25, 0.3) is 0 Å². The highest BCUT2D eigenvalue weighted by atomic mass is 16.5. The molecule has 3 aromatic carbocycles. The normalized spacial score (nSPS) is 16.3. The van der Waals surface area contributed by atoms with Gasteiger partial charge in [0, 0.05) is 42.3 Å². The second-order valence-corrected chi connectivity index (χ2v) is 10.5. The number of nitrogens with zero attached hydrogens (tertiary/aromatic N) is 1. The molecule has 1 aliphatic rings. The number of carboxylic acids is 1. The second-order valence-electron chi connectivity index (χ2n) is 10.5. The van der Waals surface area contributed by atoms with Gasteiger partial charge in [0.15, 0.2) is 11.9 Å². The van der Waals surface area contributed by atoms with Crippen molar-refractivity contribution >= 4 is 17.4 Å². The van der Waals surface area contributed by atoms with E-state index in [9.17, 15) is 14.7 Å². The van der Waals surface area contributed by atoms with Gasteiger partial charge in [-0.15, -0.1) is 0 Å². The number of carboxylic acid groups (broad SMARTS) is 1. The molecule has 7 heteroatoms. The molecule has 0 radical (unpaired) electrons. The summed E-state index contributed by atoms with van der Waals surface area (Å²) >= 11 is 0. The molecule has 0 aliphatic carbocycles. The zero-order valence-electron chi connectivity index (χ0n) is 22.6. The van der Waals surface area contributed by atoms with Crippen LogP contribution in [0.1, 0.15) is 66.2 Å². The summed E-state index contributed by atoms with van der Waals surface area (Å²) in [5.74, 6) is -0.282. The Hall–Kier alpha value is -4.15. The maximum absolute atomic E-state index is 13.1. The van der Waals surface area contributed by atoms with E-state index in [1.807, 2.05) is 42.5 Å². The van der Waals surface area contributed by atoms with Crippen molar-refractivity contribution in [1.29, 1.82) is 5.26 Å². The molecule has 7 nitrogen and oxygen atoms in total. The largest absolute Gasteiger partial charge is 0.494 e. The van der Waals surface area contributed by atoms with Crippen molar-refractivity contribution < 1.29 is 24.2 Å². The molecule has 3 aromatic rings. The molecular formula is C32H34N2O5.